The van der Waals surface area contributed by atoms with Gasteiger partial charge >= 0.3 is 0 Å². The highest BCUT2D eigenvalue weighted by molar-refractivity contribution is 4.36. The molecule has 0 saturated carbocycles. The van der Waals surface area contributed by atoms with Crippen LogP contribution in [-0.2, 0) is 9.68 Å². The Kier molecular flexibility index (Phi) is 1.59. The summed E-state index contributed by atoms with van der Waals surface area (Å²) in [6, 6.07) is 0. The standard InChI is InChI=1S/C3H6NO3/c5-4-6-2-1-3-7-4/h1-3H2/q-1. The van der Waals surface area contributed by atoms with Crippen LogP contribution in [0.1, 0.15) is 6.42 Å². The molecule has 1 rings (SSSR count). The van der Waals surface area contributed by atoms with Crippen LogP contribution in [-0.4, -0.2) is 18.6 Å². The molecule has 1 heterocycles. The van der Waals surface area contributed by atoms with E-state index in [1.165, 1.54) is 0 Å². The van der Waals surface area contributed by atoms with E-state index in [4.69, 9.17) is 0 Å². The molecule has 0 aromatic rings. The molecule has 0 atom stereocenters. The average molecular weight is 104 g/mol. The third-order valence-corrected chi connectivity index (χ3v) is 0.682. The van der Waals surface area contributed by atoms with Crippen LogP contribution in [0.5, 0.6) is 0 Å². The lowest BCUT2D eigenvalue weighted by Gasteiger charge is -2.29. The zero-order valence-corrected chi connectivity index (χ0v) is 3.79. The van der Waals surface area contributed by atoms with E-state index < -0.39 is 0 Å². The summed E-state index contributed by atoms with van der Waals surface area (Å²) in [5.41, 5.74) is 0. The van der Waals surface area contributed by atoms with Crippen LogP contribution < -0.4 is 0 Å². The third kappa shape index (κ3) is 1.40. The van der Waals surface area contributed by atoms with Gasteiger partial charge in [0.05, 0.1) is 13.2 Å². The van der Waals surface area contributed by atoms with E-state index >= 15 is 0 Å². The van der Waals surface area contributed by atoms with E-state index in [1.807, 2.05) is 0 Å². The Morgan fingerprint density at radius 1 is 1.29 bits per heavy atom. The molecule has 0 aromatic carbocycles. The molecule has 0 bridgehead atoms. The molecule has 0 amide bonds. The fourth-order valence-electron chi connectivity index (χ4n) is 0.374. The van der Waals surface area contributed by atoms with Crippen LogP contribution in [0.4, 0.5) is 0 Å². The topological polar surface area (TPSA) is 44.8 Å². The minimum atomic E-state index is 0.142. The molecule has 1 aliphatic heterocycles. The van der Waals surface area contributed by atoms with Crippen LogP contribution in [0.15, 0.2) is 0 Å². The zero-order chi connectivity index (χ0) is 5.11. The normalized spacial score (nSPS) is 25.3. The Labute approximate surface area is 41.1 Å². The Bertz CT molecular complexity index is 52.1. The second-order valence-corrected chi connectivity index (χ2v) is 1.24. The highest BCUT2D eigenvalue weighted by Gasteiger charge is 1.98. The molecule has 0 N–H and O–H groups in total. The number of hydrogen-bond acceptors (Lipinski definition) is 4. The van der Waals surface area contributed by atoms with Crippen molar-refractivity contribution in [2.45, 2.75) is 6.42 Å². The third-order valence-electron chi connectivity index (χ3n) is 0.682. The predicted octanol–water partition coefficient (Wildman–Crippen LogP) is 0.0531. The molecule has 42 valence electrons. The van der Waals surface area contributed by atoms with Gasteiger partial charge in [0, 0.05) is 0 Å². The molecule has 1 saturated heterocycles. The van der Waals surface area contributed by atoms with Gasteiger partial charge in [-0.05, 0) is 6.42 Å². The van der Waals surface area contributed by atoms with Gasteiger partial charge in [-0.2, -0.15) is 0 Å². The minimum absolute atomic E-state index is 0.142. The molecule has 1 fully saturated rings. The number of nitrogens with zero attached hydrogens (tertiary/aromatic N) is 1. The van der Waals surface area contributed by atoms with Gasteiger partial charge < -0.3 is 5.21 Å². The Morgan fingerprint density at radius 2 is 1.86 bits per heavy atom. The molecule has 0 aliphatic carbocycles. The van der Waals surface area contributed by atoms with Crippen molar-refractivity contribution in [3.63, 3.8) is 0 Å². The average Bonchev–Trinajstić information content (AvgIpc) is 1.69. The molecule has 4 heteroatoms. The van der Waals surface area contributed by atoms with Crippen molar-refractivity contribution in [3.05, 3.63) is 5.21 Å². The van der Waals surface area contributed by atoms with Crippen molar-refractivity contribution >= 4 is 0 Å². The van der Waals surface area contributed by atoms with Crippen molar-refractivity contribution in [1.29, 1.82) is 0 Å². The molecular formula is C3H6NO3-. The Balaban J connectivity index is 2.12. The van der Waals surface area contributed by atoms with Crippen LogP contribution in [0.25, 0.3) is 0 Å². The Morgan fingerprint density at radius 3 is 2.14 bits per heavy atom. The first-order chi connectivity index (χ1) is 3.39. The lowest BCUT2D eigenvalue weighted by molar-refractivity contribution is -0.362. The van der Waals surface area contributed by atoms with Gasteiger partial charge in [-0.1, -0.05) is 0 Å². The predicted molar refractivity (Wildman–Crippen MR) is 21.7 cm³/mol. The van der Waals surface area contributed by atoms with Crippen LogP contribution >= 0.6 is 0 Å². The quantitative estimate of drug-likeness (QED) is 0.435. The largest absolute Gasteiger partial charge is 0.738 e. The second-order valence-electron chi connectivity index (χ2n) is 1.24. The van der Waals surface area contributed by atoms with Crippen LogP contribution in [0.2, 0.25) is 0 Å². The second kappa shape index (κ2) is 2.23. The van der Waals surface area contributed by atoms with Crippen molar-refractivity contribution in [2.75, 3.05) is 13.2 Å². The SMILES string of the molecule is [O-]N1OCCCO1. The fraction of sp³-hybridized carbons (Fsp3) is 1.00. The summed E-state index contributed by atoms with van der Waals surface area (Å²) < 4.78 is 0. The van der Waals surface area contributed by atoms with E-state index in [0.717, 1.165) is 6.42 Å². The lowest BCUT2D eigenvalue weighted by Crippen LogP contribution is -2.24. The van der Waals surface area contributed by atoms with Gasteiger partial charge in [0.15, 0.2) is 0 Å². The molecule has 0 spiro atoms. The fourth-order valence-corrected chi connectivity index (χ4v) is 0.374. The molecule has 0 unspecified atom stereocenters. The highest BCUT2D eigenvalue weighted by atomic mass is 17.1. The highest BCUT2D eigenvalue weighted by Crippen LogP contribution is 1.98. The first kappa shape index (κ1) is 4.99. The van der Waals surface area contributed by atoms with E-state index in [9.17, 15) is 5.21 Å². The smallest absolute Gasteiger partial charge is 0.0722 e. The van der Waals surface area contributed by atoms with Gasteiger partial charge in [-0.25, -0.2) is 0 Å². The maximum atomic E-state index is 9.94. The lowest BCUT2D eigenvalue weighted by atomic mass is 10.5. The van der Waals surface area contributed by atoms with Crippen molar-refractivity contribution in [1.82, 2.24) is 5.39 Å². The summed E-state index contributed by atoms with van der Waals surface area (Å²) in [6.45, 7) is 0.951. The van der Waals surface area contributed by atoms with Crippen molar-refractivity contribution in [2.24, 2.45) is 0 Å². The summed E-state index contributed by atoms with van der Waals surface area (Å²) in [7, 11) is 0. The number of hydrogen-bond donors (Lipinski definition) is 0. The molecule has 7 heavy (non-hydrogen) atoms. The molecule has 0 aromatic heterocycles. The summed E-state index contributed by atoms with van der Waals surface area (Å²) >= 11 is 0. The maximum Gasteiger partial charge on any atom is 0.0722 e. The summed E-state index contributed by atoms with van der Waals surface area (Å²) in [5.74, 6) is 0. The zero-order valence-electron chi connectivity index (χ0n) is 3.79. The van der Waals surface area contributed by atoms with Crippen LogP contribution in [0, 0.1) is 5.21 Å². The minimum Gasteiger partial charge on any atom is -0.738 e. The van der Waals surface area contributed by atoms with Crippen LogP contribution in [0.3, 0.4) is 0 Å². The summed E-state index contributed by atoms with van der Waals surface area (Å²) in [4.78, 5) is 8.67. The van der Waals surface area contributed by atoms with E-state index in [0.29, 0.717) is 13.2 Å². The maximum absolute atomic E-state index is 9.94. The van der Waals surface area contributed by atoms with Gasteiger partial charge in [-0.3, -0.25) is 9.68 Å². The van der Waals surface area contributed by atoms with Crippen molar-refractivity contribution < 1.29 is 9.68 Å². The summed E-state index contributed by atoms with van der Waals surface area (Å²) in [5, 5.41) is 10.1. The van der Waals surface area contributed by atoms with Gasteiger partial charge in [-0.15, -0.1) is 5.39 Å². The monoisotopic (exact) mass is 104 g/mol. The Hall–Kier alpha value is -0.160. The molecular weight excluding hydrogens is 98.0 g/mol. The van der Waals surface area contributed by atoms with Crippen molar-refractivity contribution in [3.8, 4) is 0 Å². The summed E-state index contributed by atoms with van der Waals surface area (Å²) in [6.07, 6.45) is 0.804. The van der Waals surface area contributed by atoms with Gasteiger partial charge in [0.1, 0.15) is 0 Å². The molecule has 0 radical (unpaired) electrons. The van der Waals surface area contributed by atoms with E-state index in [2.05, 4.69) is 9.68 Å². The first-order valence-electron chi connectivity index (χ1n) is 2.13. The van der Waals surface area contributed by atoms with E-state index in [1.54, 1.807) is 0 Å². The first-order valence-corrected chi connectivity index (χ1v) is 2.13. The number of rotatable bonds is 0. The van der Waals surface area contributed by atoms with Gasteiger partial charge in [0.2, 0.25) is 0 Å². The molecule has 1 aliphatic rings. The molecule has 4 nitrogen and oxygen atoms in total. The van der Waals surface area contributed by atoms with E-state index in [-0.39, 0.29) is 5.39 Å². The van der Waals surface area contributed by atoms with Gasteiger partial charge in [0.25, 0.3) is 0 Å².